The molecule has 0 bridgehead atoms. The molecule has 0 saturated heterocycles. The van der Waals surface area contributed by atoms with Crippen molar-refractivity contribution in [3.63, 3.8) is 0 Å². The number of amides is 1. The first kappa shape index (κ1) is 19.2. The van der Waals surface area contributed by atoms with Gasteiger partial charge in [0.2, 0.25) is 5.91 Å². The Balaban J connectivity index is 1.49. The zero-order chi connectivity index (χ0) is 20.2. The lowest BCUT2D eigenvalue weighted by Crippen LogP contribution is -2.46. The molecule has 1 amide bonds. The van der Waals surface area contributed by atoms with Gasteiger partial charge < -0.3 is 19.2 Å². The van der Waals surface area contributed by atoms with E-state index in [1.165, 1.54) is 0 Å². The van der Waals surface area contributed by atoms with Gasteiger partial charge in [0.15, 0.2) is 5.76 Å². The Morgan fingerprint density at radius 2 is 1.76 bits per heavy atom. The SMILES string of the molecule is CN(C)CCN1CCN(C(=O)Cc2cc(-c3ccccc3)on2)c2ccccc21. The van der Waals surface area contributed by atoms with Crippen LogP contribution in [0.5, 0.6) is 0 Å². The first-order valence-corrected chi connectivity index (χ1v) is 9.92. The van der Waals surface area contributed by atoms with Gasteiger partial charge in [-0.2, -0.15) is 0 Å². The molecule has 0 N–H and O–H groups in total. The predicted octanol–water partition coefficient (Wildman–Crippen LogP) is 3.30. The smallest absolute Gasteiger partial charge is 0.233 e. The van der Waals surface area contributed by atoms with Crippen molar-refractivity contribution in [3.05, 3.63) is 66.4 Å². The Hall–Kier alpha value is -3.12. The van der Waals surface area contributed by atoms with Gasteiger partial charge in [0, 0.05) is 37.8 Å². The summed E-state index contributed by atoms with van der Waals surface area (Å²) in [6.07, 6.45) is 0.225. The largest absolute Gasteiger partial charge is 0.367 e. The Morgan fingerprint density at radius 1 is 1.03 bits per heavy atom. The van der Waals surface area contributed by atoms with E-state index < -0.39 is 0 Å². The molecule has 4 rings (SSSR count). The molecule has 150 valence electrons. The molecule has 1 aromatic heterocycles. The van der Waals surface area contributed by atoms with Crippen LogP contribution in [0.3, 0.4) is 0 Å². The summed E-state index contributed by atoms with van der Waals surface area (Å²) < 4.78 is 5.45. The van der Waals surface area contributed by atoms with Crippen molar-refractivity contribution in [1.29, 1.82) is 0 Å². The average molecular weight is 390 g/mol. The van der Waals surface area contributed by atoms with Gasteiger partial charge in [0.05, 0.1) is 23.5 Å². The highest BCUT2D eigenvalue weighted by Crippen LogP contribution is 2.33. The molecule has 6 nitrogen and oxygen atoms in total. The molecule has 0 atom stereocenters. The summed E-state index contributed by atoms with van der Waals surface area (Å²) in [5, 5.41) is 4.11. The summed E-state index contributed by atoms with van der Waals surface area (Å²) in [5.74, 6) is 0.722. The van der Waals surface area contributed by atoms with Gasteiger partial charge in [-0.15, -0.1) is 0 Å². The third kappa shape index (κ3) is 4.32. The van der Waals surface area contributed by atoms with E-state index in [9.17, 15) is 4.79 Å². The van der Waals surface area contributed by atoms with Gasteiger partial charge >= 0.3 is 0 Å². The van der Waals surface area contributed by atoms with Crippen LogP contribution in [0.1, 0.15) is 5.69 Å². The minimum atomic E-state index is 0.0395. The van der Waals surface area contributed by atoms with Crippen LogP contribution in [0.25, 0.3) is 11.3 Å². The molecule has 6 heteroatoms. The predicted molar refractivity (Wildman–Crippen MR) is 115 cm³/mol. The third-order valence-corrected chi connectivity index (χ3v) is 5.17. The lowest BCUT2D eigenvalue weighted by molar-refractivity contribution is -0.118. The molecule has 0 saturated carbocycles. The number of benzene rings is 2. The summed E-state index contributed by atoms with van der Waals surface area (Å²) in [5.41, 5.74) is 3.69. The van der Waals surface area contributed by atoms with Gasteiger partial charge in [0.25, 0.3) is 0 Å². The summed E-state index contributed by atoms with van der Waals surface area (Å²) >= 11 is 0. The van der Waals surface area contributed by atoms with E-state index in [1.807, 2.05) is 59.5 Å². The van der Waals surface area contributed by atoms with Crippen molar-refractivity contribution in [2.45, 2.75) is 6.42 Å². The van der Waals surface area contributed by atoms with Crippen molar-refractivity contribution < 1.29 is 9.32 Å². The Kier molecular flexibility index (Phi) is 5.62. The van der Waals surface area contributed by atoms with Crippen molar-refractivity contribution in [1.82, 2.24) is 10.1 Å². The second kappa shape index (κ2) is 8.49. The summed E-state index contributed by atoms with van der Waals surface area (Å²) in [7, 11) is 4.15. The number of likely N-dealkylation sites (N-methyl/N-ethyl adjacent to an activating group) is 1. The number of fused-ring (bicyclic) bond motifs is 1. The van der Waals surface area contributed by atoms with Crippen LogP contribution >= 0.6 is 0 Å². The van der Waals surface area contributed by atoms with Crippen LogP contribution in [-0.2, 0) is 11.2 Å². The van der Waals surface area contributed by atoms with Crippen molar-refractivity contribution in [3.8, 4) is 11.3 Å². The summed E-state index contributed by atoms with van der Waals surface area (Å²) in [4.78, 5) is 19.5. The summed E-state index contributed by atoms with van der Waals surface area (Å²) in [6.45, 7) is 3.41. The molecular weight excluding hydrogens is 364 g/mol. The number of carbonyl (C=O) groups excluding carboxylic acids is 1. The highest BCUT2D eigenvalue weighted by atomic mass is 16.5. The number of rotatable bonds is 6. The molecule has 0 fully saturated rings. The second-order valence-corrected chi connectivity index (χ2v) is 7.55. The number of anilines is 2. The Morgan fingerprint density at radius 3 is 2.52 bits per heavy atom. The number of para-hydroxylation sites is 2. The first-order valence-electron chi connectivity index (χ1n) is 9.92. The zero-order valence-electron chi connectivity index (χ0n) is 16.9. The minimum absolute atomic E-state index is 0.0395. The highest BCUT2D eigenvalue weighted by molar-refractivity contribution is 5.98. The highest BCUT2D eigenvalue weighted by Gasteiger charge is 2.27. The summed E-state index contributed by atoms with van der Waals surface area (Å²) in [6, 6.07) is 19.8. The maximum atomic E-state index is 13.1. The third-order valence-electron chi connectivity index (χ3n) is 5.17. The fourth-order valence-electron chi connectivity index (χ4n) is 3.62. The van der Waals surface area contributed by atoms with E-state index in [0.29, 0.717) is 18.0 Å². The number of aromatic nitrogens is 1. The average Bonchev–Trinajstić information content (AvgIpc) is 3.21. The molecule has 1 aliphatic rings. The van der Waals surface area contributed by atoms with Gasteiger partial charge in [-0.05, 0) is 26.2 Å². The zero-order valence-corrected chi connectivity index (χ0v) is 16.9. The normalized spacial score (nSPS) is 13.6. The van der Waals surface area contributed by atoms with Crippen LogP contribution in [0.4, 0.5) is 11.4 Å². The van der Waals surface area contributed by atoms with E-state index in [4.69, 9.17) is 4.52 Å². The number of hydrogen-bond donors (Lipinski definition) is 0. The molecule has 1 aliphatic heterocycles. The Labute approximate surface area is 171 Å². The van der Waals surface area contributed by atoms with Gasteiger partial charge in [0.1, 0.15) is 0 Å². The Bertz CT molecular complexity index is 968. The molecule has 3 aromatic rings. The van der Waals surface area contributed by atoms with Crippen LogP contribution in [0, 0.1) is 0 Å². The molecule has 0 aliphatic carbocycles. The fourth-order valence-corrected chi connectivity index (χ4v) is 3.62. The van der Waals surface area contributed by atoms with E-state index in [2.05, 4.69) is 35.1 Å². The van der Waals surface area contributed by atoms with E-state index in [1.54, 1.807) is 0 Å². The number of nitrogens with zero attached hydrogens (tertiary/aromatic N) is 4. The minimum Gasteiger partial charge on any atom is -0.367 e. The lowest BCUT2D eigenvalue weighted by atomic mass is 10.1. The second-order valence-electron chi connectivity index (χ2n) is 7.55. The molecule has 2 aromatic carbocycles. The van der Waals surface area contributed by atoms with Crippen LogP contribution in [0.2, 0.25) is 0 Å². The van der Waals surface area contributed by atoms with Gasteiger partial charge in [-0.1, -0.05) is 47.6 Å². The molecule has 2 heterocycles. The molecule has 0 radical (unpaired) electrons. The van der Waals surface area contributed by atoms with Gasteiger partial charge in [-0.25, -0.2) is 0 Å². The van der Waals surface area contributed by atoms with Crippen molar-refractivity contribution in [2.75, 3.05) is 50.1 Å². The van der Waals surface area contributed by atoms with E-state index in [-0.39, 0.29) is 12.3 Å². The topological polar surface area (TPSA) is 52.8 Å². The standard InChI is InChI=1S/C23H26N4O2/c1-25(2)12-13-26-14-15-27(21-11-7-6-10-20(21)26)23(28)17-19-16-22(29-24-19)18-8-4-3-5-9-18/h3-11,16H,12-15,17H2,1-2H3. The molecule has 0 unspecified atom stereocenters. The van der Waals surface area contributed by atoms with Crippen molar-refractivity contribution >= 4 is 17.3 Å². The van der Waals surface area contributed by atoms with Gasteiger partial charge in [-0.3, -0.25) is 4.79 Å². The number of carbonyl (C=O) groups is 1. The monoisotopic (exact) mass is 390 g/mol. The molecule has 29 heavy (non-hydrogen) atoms. The van der Waals surface area contributed by atoms with E-state index >= 15 is 0 Å². The maximum Gasteiger partial charge on any atom is 0.233 e. The molecule has 0 spiro atoms. The fraction of sp³-hybridized carbons (Fsp3) is 0.304. The van der Waals surface area contributed by atoms with Crippen LogP contribution < -0.4 is 9.80 Å². The van der Waals surface area contributed by atoms with Crippen LogP contribution in [-0.4, -0.2) is 56.2 Å². The van der Waals surface area contributed by atoms with E-state index in [0.717, 1.165) is 36.6 Å². The lowest BCUT2D eigenvalue weighted by Gasteiger charge is -2.38. The first-order chi connectivity index (χ1) is 14.1. The van der Waals surface area contributed by atoms with Crippen molar-refractivity contribution in [2.24, 2.45) is 0 Å². The molecular formula is C23H26N4O2. The quantitative estimate of drug-likeness (QED) is 0.646. The number of hydrogen-bond acceptors (Lipinski definition) is 5. The van der Waals surface area contributed by atoms with Crippen LogP contribution in [0.15, 0.2) is 65.2 Å². The maximum absolute atomic E-state index is 13.1.